The summed E-state index contributed by atoms with van der Waals surface area (Å²) in [4.78, 5) is 6.87. The van der Waals surface area contributed by atoms with Crippen molar-refractivity contribution in [3.63, 3.8) is 0 Å². The Morgan fingerprint density at radius 1 is 1.46 bits per heavy atom. The number of piperidine rings is 1. The van der Waals surface area contributed by atoms with Gasteiger partial charge in [-0.05, 0) is 55.9 Å². The largest absolute Gasteiger partial charge is 0.389 e. The summed E-state index contributed by atoms with van der Waals surface area (Å²) in [6, 6.07) is 5.14. The van der Waals surface area contributed by atoms with Gasteiger partial charge in [-0.3, -0.25) is 4.98 Å². The molecule has 0 saturated carbocycles. The highest BCUT2D eigenvalue weighted by Crippen LogP contribution is 2.23. The molecule has 6 heteroatoms. The third-order valence-corrected chi connectivity index (χ3v) is 5.58. The Balaban J connectivity index is 1.48. The second-order valence-corrected chi connectivity index (χ2v) is 7.59. The molecular weight excluding hydrogens is 322 g/mol. The predicted molar refractivity (Wildman–Crippen MR) is 98.5 cm³/mol. The van der Waals surface area contributed by atoms with Crippen molar-refractivity contribution >= 4 is 21.6 Å². The minimum Gasteiger partial charge on any atom is -0.389 e. The van der Waals surface area contributed by atoms with Gasteiger partial charge < -0.3 is 20.1 Å². The van der Waals surface area contributed by atoms with Gasteiger partial charge in [-0.15, -0.1) is 11.3 Å². The van der Waals surface area contributed by atoms with Crippen molar-refractivity contribution in [3.05, 3.63) is 29.3 Å². The number of likely N-dealkylation sites (tertiary alicyclic amines) is 1. The predicted octanol–water partition coefficient (Wildman–Crippen LogP) is 2.42. The average Bonchev–Trinajstić information content (AvgIpc) is 3.04. The van der Waals surface area contributed by atoms with Gasteiger partial charge in [0.1, 0.15) is 0 Å². The lowest BCUT2D eigenvalue weighted by molar-refractivity contribution is 0.0308. The number of methoxy groups -OCH3 is 1. The standard InChI is InChI=1S/C18H27N3O2S/c1-13(14-9-18-17(19-10-14)5-8-24-18)20-15-3-6-21(7-4-15)11-16(22)12-23-2/h5,8-10,13,15-16,20,22H,3-4,6-7,11-12H2,1-2H3. The van der Waals surface area contributed by atoms with Crippen LogP contribution in [0, 0.1) is 0 Å². The molecule has 3 heterocycles. The molecule has 1 saturated heterocycles. The Kier molecular flexibility index (Phi) is 6.19. The zero-order valence-electron chi connectivity index (χ0n) is 14.4. The number of nitrogens with zero attached hydrogens (tertiary/aromatic N) is 2. The lowest BCUT2D eigenvalue weighted by Gasteiger charge is -2.34. The molecule has 3 rings (SSSR count). The molecule has 2 aromatic heterocycles. The number of hydrogen-bond donors (Lipinski definition) is 2. The van der Waals surface area contributed by atoms with Crippen molar-refractivity contribution < 1.29 is 9.84 Å². The van der Waals surface area contributed by atoms with Crippen LogP contribution in [-0.4, -0.2) is 60.5 Å². The van der Waals surface area contributed by atoms with Crippen molar-refractivity contribution in [3.8, 4) is 0 Å². The Hall–Kier alpha value is -1.05. The van der Waals surface area contributed by atoms with Crippen LogP contribution in [0.25, 0.3) is 10.2 Å². The van der Waals surface area contributed by atoms with Crippen molar-refractivity contribution in [1.29, 1.82) is 0 Å². The van der Waals surface area contributed by atoms with Gasteiger partial charge in [0.2, 0.25) is 0 Å². The van der Waals surface area contributed by atoms with Crippen molar-refractivity contribution in [2.75, 3.05) is 33.4 Å². The number of β-amino-alcohol motifs (C(OH)–C–C–N with tert-alkyl or cyclic N) is 1. The molecule has 2 unspecified atom stereocenters. The third-order valence-electron chi connectivity index (χ3n) is 4.73. The Morgan fingerprint density at radius 2 is 2.25 bits per heavy atom. The second kappa shape index (κ2) is 8.36. The van der Waals surface area contributed by atoms with E-state index < -0.39 is 0 Å². The van der Waals surface area contributed by atoms with Gasteiger partial charge in [-0.1, -0.05) is 0 Å². The molecule has 5 nitrogen and oxygen atoms in total. The number of pyridine rings is 1. The molecule has 132 valence electrons. The first-order chi connectivity index (χ1) is 11.7. The Bertz CT molecular complexity index is 640. The minimum absolute atomic E-state index is 0.305. The quantitative estimate of drug-likeness (QED) is 0.804. The van der Waals surface area contributed by atoms with Crippen molar-refractivity contribution in [2.45, 2.75) is 38.0 Å². The number of ether oxygens (including phenoxy) is 1. The van der Waals surface area contributed by atoms with Crippen LogP contribution < -0.4 is 5.32 Å². The van der Waals surface area contributed by atoms with E-state index in [0.29, 0.717) is 25.2 Å². The van der Waals surface area contributed by atoms with Gasteiger partial charge in [0.05, 0.1) is 22.9 Å². The fraction of sp³-hybridized carbons (Fsp3) is 0.611. The number of fused-ring (bicyclic) bond motifs is 1. The van der Waals surface area contributed by atoms with E-state index in [9.17, 15) is 5.11 Å². The van der Waals surface area contributed by atoms with Gasteiger partial charge in [0.15, 0.2) is 0 Å². The second-order valence-electron chi connectivity index (χ2n) is 6.65. The van der Waals surface area contributed by atoms with E-state index in [0.717, 1.165) is 31.4 Å². The zero-order chi connectivity index (χ0) is 16.9. The molecule has 0 bridgehead atoms. The first-order valence-corrected chi connectivity index (χ1v) is 9.52. The Morgan fingerprint density at radius 3 is 3.00 bits per heavy atom. The summed E-state index contributed by atoms with van der Waals surface area (Å²) in [5.41, 5.74) is 2.33. The third kappa shape index (κ3) is 4.52. The van der Waals surface area contributed by atoms with Crippen LogP contribution >= 0.6 is 11.3 Å². The van der Waals surface area contributed by atoms with Gasteiger partial charge in [-0.25, -0.2) is 0 Å². The SMILES string of the molecule is COCC(O)CN1CCC(NC(C)c2cnc3ccsc3c2)CC1. The van der Waals surface area contributed by atoms with Crippen molar-refractivity contribution in [2.24, 2.45) is 0 Å². The number of thiophene rings is 1. The summed E-state index contributed by atoms with van der Waals surface area (Å²) in [5.74, 6) is 0. The average molecular weight is 350 g/mol. The highest BCUT2D eigenvalue weighted by molar-refractivity contribution is 7.17. The molecule has 2 atom stereocenters. The number of nitrogens with one attached hydrogen (secondary N) is 1. The van der Waals surface area contributed by atoms with Gasteiger partial charge in [0, 0.05) is 31.9 Å². The molecule has 0 radical (unpaired) electrons. The van der Waals surface area contributed by atoms with Gasteiger partial charge in [0.25, 0.3) is 0 Å². The van der Waals surface area contributed by atoms with Crippen LogP contribution in [0.3, 0.4) is 0 Å². The summed E-state index contributed by atoms with van der Waals surface area (Å²) in [6.07, 6.45) is 3.82. The molecule has 0 amide bonds. The van der Waals surface area contributed by atoms with E-state index in [4.69, 9.17) is 4.74 Å². The molecule has 1 aliphatic heterocycles. The molecule has 1 fully saturated rings. The summed E-state index contributed by atoms with van der Waals surface area (Å²) >= 11 is 1.74. The minimum atomic E-state index is -0.387. The maximum atomic E-state index is 9.84. The van der Waals surface area contributed by atoms with Crippen LogP contribution in [0.1, 0.15) is 31.4 Å². The molecule has 0 spiro atoms. The Labute approximate surface area is 147 Å². The van der Waals surface area contributed by atoms with E-state index in [1.165, 1.54) is 10.3 Å². The first-order valence-electron chi connectivity index (χ1n) is 8.64. The molecule has 1 aliphatic rings. The maximum absolute atomic E-state index is 9.84. The van der Waals surface area contributed by atoms with Crippen LogP contribution in [0.15, 0.2) is 23.7 Å². The van der Waals surface area contributed by atoms with Crippen LogP contribution in [0.4, 0.5) is 0 Å². The van der Waals surface area contributed by atoms with Crippen LogP contribution in [-0.2, 0) is 4.74 Å². The maximum Gasteiger partial charge on any atom is 0.0900 e. The highest BCUT2D eigenvalue weighted by Gasteiger charge is 2.22. The number of rotatable bonds is 7. The van der Waals surface area contributed by atoms with E-state index in [-0.39, 0.29) is 6.10 Å². The van der Waals surface area contributed by atoms with Gasteiger partial charge >= 0.3 is 0 Å². The van der Waals surface area contributed by atoms with Crippen molar-refractivity contribution in [1.82, 2.24) is 15.2 Å². The summed E-state index contributed by atoms with van der Waals surface area (Å²) in [7, 11) is 1.63. The molecule has 2 N–H and O–H groups in total. The summed E-state index contributed by atoms with van der Waals surface area (Å²) in [5, 5.41) is 15.7. The lowest BCUT2D eigenvalue weighted by Crippen LogP contribution is -2.46. The lowest BCUT2D eigenvalue weighted by atomic mass is 10.0. The molecular formula is C18H27N3O2S. The number of aliphatic hydroxyl groups is 1. The van der Waals surface area contributed by atoms with Gasteiger partial charge in [-0.2, -0.15) is 0 Å². The fourth-order valence-electron chi connectivity index (χ4n) is 3.37. The topological polar surface area (TPSA) is 57.6 Å². The smallest absolute Gasteiger partial charge is 0.0900 e. The normalized spacial score (nSPS) is 19.6. The fourth-order valence-corrected chi connectivity index (χ4v) is 4.16. The van der Waals surface area contributed by atoms with E-state index in [1.54, 1.807) is 18.4 Å². The molecule has 0 aliphatic carbocycles. The monoisotopic (exact) mass is 349 g/mol. The van der Waals surface area contributed by atoms with Crippen LogP contribution in [0.2, 0.25) is 0 Å². The molecule has 24 heavy (non-hydrogen) atoms. The number of aliphatic hydroxyl groups excluding tert-OH is 1. The zero-order valence-corrected chi connectivity index (χ0v) is 15.3. The summed E-state index contributed by atoms with van der Waals surface area (Å²) < 4.78 is 6.25. The highest BCUT2D eigenvalue weighted by atomic mass is 32.1. The molecule has 2 aromatic rings. The number of hydrogen-bond acceptors (Lipinski definition) is 6. The van der Waals surface area contributed by atoms with E-state index >= 15 is 0 Å². The van der Waals surface area contributed by atoms with Crippen LogP contribution in [0.5, 0.6) is 0 Å². The first kappa shape index (κ1) is 17.8. The molecule has 0 aromatic carbocycles. The number of aromatic nitrogens is 1. The van der Waals surface area contributed by atoms with E-state index in [1.807, 2.05) is 6.20 Å². The summed E-state index contributed by atoms with van der Waals surface area (Å²) in [6.45, 7) is 5.37. The van der Waals surface area contributed by atoms with E-state index in [2.05, 4.69) is 39.6 Å².